The van der Waals surface area contributed by atoms with Crippen molar-refractivity contribution in [2.45, 2.75) is 0 Å². The molecular formula is C8H7BrN4. The van der Waals surface area contributed by atoms with Crippen LogP contribution in [0.25, 0.3) is 11.3 Å². The average Bonchev–Trinajstić information content (AvgIpc) is 2.52. The molecule has 0 aliphatic rings. The molecule has 0 atom stereocenters. The SMILES string of the molecule is Cn1cncc1-c1cnncc1Br. The minimum absolute atomic E-state index is 0.922. The van der Waals surface area contributed by atoms with Gasteiger partial charge in [-0.2, -0.15) is 10.2 Å². The first kappa shape index (κ1) is 8.37. The number of imidazole rings is 1. The average molecular weight is 239 g/mol. The van der Waals surface area contributed by atoms with Gasteiger partial charge in [0.25, 0.3) is 0 Å². The summed E-state index contributed by atoms with van der Waals surface area (Å²) in [6.45, 7) is 0. The van der Waals surface area contributed by atoms with Crippen LogP contribution in [0.15, 0.2) is 29.4 Å². The van der Waals surface area contributed by atoms with Crippen molar-refractivity contribution in [1.82, 2.24) is 19.7 Å². The lowest BCUT2D eigenvalue weighted by atomic mass is 10.2. The molecule has 0 fully saturated rings. The van der Waals surface area contributed by atoms with E-state index in [0.29, 0.717) is 0 Å². The summed E-state index contributed by atoms with van der Waals surface area (Å²) >= 11 is 3.41. The number of halogens is 1. The van der Waals surface area contributed by atoms with E-state index in [-0.39, 0.29) is 0 Å². The maximum Gasteiger partial charge on any atom is 0.0948 e. The predicted molar refractivity (Wildman–Crippen MR) is 51.9 cm³/mol. The van der Waals surface area contributed by atoms with E-state index in [9.17, 15) is 0 Å². The Morgan fingerprint density at radius 1 is 1.23 bits per heavy atom. The molecule has 0 aromatic carbocycles. The fraction of sp³-hybridized carbons (Fsp3) is 0.125. The van der Waals surface area contributed by atoms with Gasteiger partial charge in [0.1, 0.15) is 0 Å². The van der Waals surface area contributed by atoms with Gasteiger partial charge in [-0.05, 0) is 15.9 Å². The highest BCUT2D eigenvalue weighted by Gasteiger charge is 2.06. The summed E-state index contributed by atoms with van der Waals surface area (Å²) in [4.78, 5) is 4.03. The van der Waals surface area contributed by atoms with Crippen molar-refractivity contribution in [2.75, 3.05) is 0 Å². The fourth-order valence-corrected chi connectivity index (χ4v) is 1.51. The highest BCUT2D eigenvalue weighted by atomic mass is 79.9. The molecule has 2 aromatic rings. The van der Waals surface area contributed by atoms with Crippen molar-refractivity contribution in [3.8, 4) is 11.3 Å². The van der Waals surface area contributed by atoms with E-state index in [4.69, 9.17) is 0 Å². The van der Waals surface area contributed by atoms with Crippen molar-refractivity contribution < 1.29 is 0 Å². The van der Waals surface area contributed by atoms with Gasteiger partial charge >= 0.3 is 0 Å². The Morgan fingerprint density at radius 2 is 2.00 bits per heavy atom. The zero-order chi connectivity index (χ0) is 9.26. The van der Waals surface area contributed by atoms with Gasteiger partial charge in [0, 0.05) is 17.1 Å². The van der Waals surface area contributed by atoms with Crippen LogP contribution in [0.3, 0.4) is 0 Å². The second-order valence-electron chi connectivity index (χ2n) is 2.64. The molecule has 0 saturated carbocycles. The van der Waals surface area contributed by atoms with Crippen LogP contribution >= 0.6 is 15.9 Å². The number of aromatic nitrogens is 4. The molecule has 2 rings (SSSR count). The number of nitrogens with zero attached hydrogens (tertiary/aromatic N) is 4. The summed E-state index contributed by atoms with van der Waals surface area (Å²) in [7, 11) is 1.94. The molecule has 0 saturated heterocycles. The van der Waals surface area contributed by atoms with Crippen LogP contribution in [0.2, 0.25) is 0 Å². The van der Waals surface area contributed by atoms with Gasteiger partial charge < -0.3 is 4.57 Å². The summed E-state index contributed by atoms with van der Waals surface area (Å²) in [5.74, 6) is 0. The minimum atomic E-state index is 0.922. The first-order valence-corrected chi connectivity index (χ1v) is 4.51. The molecular weight excluding hydrogens is 232 g/mol. The standard InChI is InChI=1S/C8H7BrN4/c1-13-5-10-4-8(13)6-2-11-12-3-7(6)9/h2-5H,1H3. The van der Waals surface area contributed by atoms with E-state index in [1.165, 1.54) is 0 Å². The molecule has 5 heteroatoms. The Bertz CT molecular complexity index is 424. The third-order valence-corrected chi connectivity index (χ3v) is 2.41. The summed E-state index contributed by atoms with van der Waals surface area (Å²) in [5.41, 5.74) is 2.01. The molecule has 0 aliphatic carbocycles. The quantitative estimate of drug-likeness (QED) is 0.759. The van der Waals surface area contributed by atoms with E-state index in [1.54, 1.807) is 24.9 Å². The van der Waals surface area contributed by atoms with Crippen LogP contribution in [0.5, 0.6) is 0 Å². The molecule has 2 heterocycles. The molecule has 66 valence electrons. The normalized spacial score (nSPS) is 10.3. The smallest absolute Gasteiger partial charge is 0.0948 e. The largest absolute Gasteiger partial charge is 0.334 e. The summed E-state index contributed by atoms with van der Waals surface area (Å²) in [5, 5.41) is 7.58. The van der Waals surface area contributed by atoms with Gasteiger partial charge in [0.15, 0.2) is 0 Å². The van der Waals surface area contributed by atoms with E-state index < -0.39 is 0 Å². The van der Waals surface area contributed by atoms with E-state index >= 15 is 0 Å². The number of rotatable bonds is 1. The first-order chi connectivity index (χ1) is 6.29. The van der Waals surface area contributed by atoms with Crippen molar-refractivity contribution in [1.29, 1.82) is 0 Å². The molecule has 0 radical (unpaired) electrons. The van der Waals surface area contributed by atoms with Crippen LogP contribution in [-0.4, -0.2) is 19.7 Å². The molecule has 0 aliphatic heterocycles. The number of hydrogen-bond donors (Lipinski definition) is 0. The topological polar surface area (TPSA) is 43.6 Å². The summed E-state index contributed by atoms with van der Waals surface area (Å²) in [6, 6.07) is 0. The maximum absolute atomic E-state index is 4.03. The summed E-state index contributed by atoms with van der Waals surface area (Å²) < 4.78 is 2.85. The van der Waals surface area contributed by atoms with Crippen LogP contribution in [-0.2, 0) is 7.05 Å². The van der Waals surface area contributed by atoms with E-state index in [1.807, 2.05) is 11.6 Å². The minimum Gasteiger partial charge on any atom is -0.334 e. The zero-order valence-electron chi connectivity index (χ0n) is 6.98. The third-order valence-electron chi connectivity index (χ3n) is 1.77. The molecule has 0 bridgehead atoms. The highest BCUT2D eigenvalue weighted by molar-refractivity contribution is 9.10. The van der Waals surface area contributed by atoms with E-state index in [2.05, 4.69) is 31.1 Å². The van der Waals surface area contributed by atoms with Crippen molar-refractivity contribution in [3.05, 3.63) is 29.4 Å². The van der Waals surface area contributed by atoms with Gasteiger partial charge in [0.05, 0.1) is 30.6 Å². The molecule has 4 nitrogen and oxygen atoms in total. The molecule has 2 aromatic heterocycles. The molecule has 0 amide bonds. The molecule has 0 spiro atoms. The third kappa shape index (κ3) is 1.47. The van der Waals surface area contributed by atoms with Crippen LogP contribution in [0.1, 0.15) is 0 Å². The number of hydrogen-bond acceptors (Lipinski definition) is 3. The van der Waals surface area contributed by atoms with Crippen LogP contribution < -0.4 is 0 Å². The lowest BCUT2D eigenvalue weighted by molar-refractivity contribution is 0.915. The summed E-state index contributed by atoms with van der Waals surface area (Å²) in [6.07, 6.45) is 6.92. The first-order valence-electron chi connectivity index (χ1n) is 3.72. The molecule has 13 heavy (non-hydrogen) atoms. The van der Waals surface area contributed by atoms with Gasteiger partial charge in [-0.25, -0.2) is 4.98 Å². The van der Waals surface area contributed by atoms with Crippen LogP contribution in [0.4, 0.5) is 0 Å². The van der Waals surface area contributed by atoms with Crippen molar-refractivity contribution in [2.24, 2.45) is 7.05 Å². The van der Waals surface area contributed by atoms with Crippen molar-refractivity contribution >= 4 is 15.9 Å². The predicted octanol–water partition coefficient (Wildman–Crippen LogP) is 1.64. The molecule has 0 unspecified atom stereocenters. The second kappa shape index (κ2) is 3.26. The Kier molecular flexibility index (Phi) is 2.10. The van der Waals surface area contributed by atoms with Gasteiger partial charge in [-0.1, -0.05) is 0 Å². The lowest BCUT2D eigenvalue weighted by Crippen LogP contribution is -1.91. The second-order valence-corrected chi connectivity index (χ2v) is 3.49. The maximum atomic E-state index is 4.03. The zero-order valence-corrected chi connectivity index (χ0v) is 8.56. The van der Waals surface area contributed by atoms with Gasteiger partial charge in [0.2, 0.25) is 0 Å². The van der Waals surface area contributed by atoms with Gasteiger partial charge in [-0.15, -0.1) is 0 Å². The highest BCUT2D eigenvalue weighted by Crippen LogP contribution is 2.24. The molecule has 0 N–H and O–H groups in total. The fourth-order valence-electron chi connectivity index (χ4n) is 1.11. The Balaban J connectivity index is 2.59. The van der Waals surface area contributed by atoms with Crippen molar-refractivity contribution in [3.63, 3.8) is 0 Å². The Hall–Kier alpha value is -1.23. The lowest BCUT2D eigenvalue weighted by Gasteiger charge is -2.02. The monoisotopic (exact) mass is 238 g/mol. The van der Waals surface area contributed by atoms with E-state index in [0.717, 1.165) is 15.7 Å². The Labute approximate surface area is 83.8 Å². The Morgan fingerprint density at radius 3 is 2.62 bits per heavy atom. The van der Waals surface area contributed by atoms with Gasteiger partial charge in [-0.3, -0.25) is 0 Å². The number of aryl methyl sites for hydroxylation is 1. The van der Waals surface area contributed by atoms with Crippen LogP contribution in [0, 0.1) is 0 Å².